The molecular weight excluding hydrogens is 310 g/mol. The van der Waals surface area contributed by atoms with Gasteiger partial charge in [0.2, 0.25) is 0 Å². The Bertz CT molecular complexity index is 458. The largest absolute Gasteiger partial charge is 0.416 e. The van der Waals surface area contributed by atoms with Crippen LogP contribution in [0.4, 0.5) is 26.3 Å². The molecule has 0 saturated heterocycles. The Labute approximate surface area is 125 Å². The normalized spacial score (nSPS) is 14.5. The number of hydrogen-bond donors (Lipinski definition) is 1. The lowest BCUT2D eigenvalue weighted by Gasteiger charge is -2.16. The zero-order valence-corrected chi connectivity index (χ0v) is 12.2. The van der Waals surface area contributed by atoms with Crippen molar-refractivity contribution in [3.8, 4) is 0 Å². The first-order valence-corrected chi connectivity index (χ1v) is 6.86. The van der Waals surface area contributed by atoms with Gasteiger partial charge in [-0.05, 0) is 48.9 Å². The monoisotopic (exact) mass is 328 g/mol. The van der Waals surface area contributed by atoms with Crippen molar-refractivity contribution in [3.63, 3.8) is 0 Å². The highest BCUT2D eigenvalue weighted by Gasteiger charge is 2.36. The third-order valence-electron chi connectivity index (χ3n) is 3.20. The Balaban J connectivity index is 3.03. The fraction of sp³-hybridized carbons (Fsp3) is 0.600. The highest BCUT2D eigenvalue weighted by Crippen LogP contribution is 2.36. The molecule has 0 amide bonds. The summed E-state index contributed by atoms with van der Waals surface area (Å²) in [5.41, 5.74) is -2.87. The molecule has 0 radical (unpaired) electrons. The average molecular weight is 328 g/mol. The molecule has 0 bridgehead atoms. The second-order valence-electron chi connectivity index (χ2n) is 5.74. The molecule has 0 fully saturated rings. The van der Waals surface area contributed by atoms with E-state index in [9.17, 15) is 31.4 Å². The molecule has 1 N–H and O–H groups in total. The third-order valence-corrected chi connectivity index (χ3v) is 3.20. The van der Waals surface area contributed by atoms with Gasteiger partial charge in [0, 0.05) is 0 Å². The summed E-state index contributed by atoms with van der Waals surface area (Å²) < 4.78 is 76.2. The number of halogens is 6. The van der Waals surface area contributed by atoms with E-state index in [4.69, 9.17) is 0 Å². The van der Waals surface area contributed by atoms with Gasteiger partial charge in [0.1, 0.15) is 0 Å². The second-order valence-corrected chi connectivity index (χ2v) is 5.74. The van der Waals surface area contributed by atoms with E-state index >= 15 is 0 Å². The fourth-order valence-corrected chi connectivity index (χ4v) is 2.04. The summed E-state index contributed by atoms with van der Waals surface area (Å²) in [7, 11) is 0. The molecule has 1 aromatic carbocycles. The molecule has 0 aliphatic heterocycles. The predicted molar refractivity (Wildman–Crippen MR) is 70.2 cm³/mol. The maximum atomic E-state index is 12.7. The SMILES string of the molecule is CC(C)CCC(O)Cc1cc(C(F)(F)F)cc(C(F)(F)F)c1. The molecule has 0 aliphatic rings. The molecule has 0 heterocycles. The molecule has 1 aromatic rings. The van der Waals surface area contributed by atoms with E-state index in [1.54, 1.807) is 0 Å². The molecule has 0 aliphatic carbocycles. The summed E-state index contributed by atoms with van der Waals surface area (Å²) in [4.78, 5) is 0. The number of alkyl halides is 6. The van der Waals surface area contributed by atoms with E-state index in [1.165, 1.54) is 0 Å². The minimum Gasteiger partial charge on any atom is -0.393 e. The van der Waals surface area contributed by atoms with Gasteiger partial charge in [-0.2, -0.15) is 26.3 Å². The maximum absolute atomic E-state index is 12.7. The Kier molecular flexibility index (Phi) is 5.89. The van der Waals surface area contributed by atoms with E-state index in [0.29, 0.717) is 30.9 Å². The summed E-state index contributed by atoms with van der Waals surface area (Å²) in [5, 5.41) is 9.78. The lowest BCUT2D eigenvalue weighted by Crippen LogP contribution is -2.15. The van der Waals surface area contributed by atoms with Crippen LogP contribution in [0.15, 0.2) is 18.2 Å². The quantitative estimate of drug-likeness (QED) is 0.749. The van der Waals surface area contributed by atoms with Crippen LogP contribution in [0, 0.1) is 5.92 Å². The lowest BCUT2D eigenvalue weighted by atomic mass is 9.97. The van der Waals surface area contributed by atoms with Gasteiger partial charge in [-0.25, -0.2) is 0 Å². The number of benzene rings is 1. The predicted octanol–water partition coefficient (Wildman–Crippen LogP) is 5.06. The van der Waals surface area contributed by atoms with E-state index in [1.807, 2.05) is 13.8 Å². The van der Waals surface area contributed by atoms with Gasteiger partial charge in [-0.1, -0.05) is 13.8 Å². The smallest absolute Gasteiger partial charge is 0.393 e. The molecule has 7 heteroatoms. The van der Waals surface area contributed by atoms with Gasteiger partial charge in [-0.15, -0.1) is 0 Å². The van der Waals surface area contributed by atoms with Crippen LogP contribution in [0.1, 0.15) is 43.4 Å². The van der Waals surface area contributed by atoms with Crippen LogP contribution >= 0.6 is 0 Å². The fourth-order valence-electron chi connectivity index (χ4n) is 2.04. The van der Waals surface area contributed by atoms with Crippen LogP contribution in [0.2, 0.25) is 0 Å². The van der Waals surface area contributed by atoms with Crippen LogP contribution in [0.25, 0.3) is 0 Å². The standard InChI is InChI=1S/C15H18F6O/c1-9(2)3-4-13(22)7-10-5-11(14(16,17)18)8-12(6-10)15(19,20)21/h5-6,8-9,13,22H,3-4,7H2,1-2H3. The van der Waals surface area contributed by atoms with Crippen molar-refractivity contribution in [2.24, 2.45) is 5.92 Å². The van der Waals surface area contributed by atoms with Crippen molar-refractivity contribution in [1.29, 1.82) is 0 Å². The van der Waals surface area contributed by atoms with E-state index in [0.717, 1.165) is 0 Å². The van der Waals surface area contributed by atoms with Gasteiger partial charge < -0.3 is 5.11 Å². The number of aliphatic hydroxyl groups excluding tert-OH is 1. The summed E-state index contributed by atoms with van der Waals surface area (Å²) in [6, 6.07) is 1.41. The molecular formula is C15H18F6O. The molecule has 126 valence electrons. The van der Waals surface area contributed by atoms with Gasteiger partial charge in [-0.3, -0.25) is 0 Å². The molecule has 1 nitrogen and oxygen atoms in total. The Morgan fingerprint density at radius 1 is 0.864 bits per heavy atom. The van der Waals surface area contributed by atoms with E-state index in [2.05, 4.69) is 0 Å². The van der Waals surface area contributed by atoms with Crippen LogP contribution in [0.3, 0.4) is 0 Å². The molecule has 0 aromatic heterocycles. The number of aliphatic hydroxyl groups is 1. The van der Waals surface area contributed by atoms with Crippen molar-refractivity contribution in [2.45, 2.75) is 51.6 Å². The number of rotatable bonds is 5. The highest BCUT2D eigenvalue weighted by molar-refractivity contribution is 5.34. The van der Waals surface area contributed by atoms with Crippen molar-refractivity contribution >= 4 is 0 Å². The van der Waals surface area contributed by atoms with Crippen LogP contribution in [0.5, 0.6) is 0 Å². The van der Waals surface area contributed by atoms with Crippen LogP contribution in [-0.2, 0) is 18.8 Å². The average Bonchev–Trinajstić information content (AvgIpc) is 2.34. The lowest BCUT2D eigenvalue weighted by molar-refractivity contribution is -0.143. The Morgan fingerprint density at radius 2 is 1.32 bits per heavy atom. The van der Waals surface area contributed by atoms with Gasteiger partial charge in [0.15, 0.2) is 0 Å². The van der Waals surface area contributed by atoms with Gasteiger partial charge >= 0.3 is 12.4 Å². The Hall–Kier alpha value is -1.24. The van der Waals surface area contributed by atoms with E-state index < -0.39 is 29.6 Å². The van der Waals surface area contributed by atoms with E-state index in [-0.39, 0.29) is 18.1 Å². The number of hydrogen-bond acceptors (Lipinski definition) is 1. The second kappa shape index (κ2) is 6.89. The summed E-state index contributed by atoms with van der Waals surface area (Å²) in [6.07, 6.45) is -9.95. The van der Waals surface area contributed by atoms with Gasteiger partial charge in [0.05, 0.1) is 17.2 Å². The molecule has 22 heavy (non-hydrogen) atoms. The topological polar surface area (TPSA) is 20.2 Å². The summed E-state index contributed by atoms with van der Waals surface area (Å²) in [6.45, 7) is 3.83. The molecule has 1 unspecified atom stereocenters. The van der Waals surface area contributed by atoms with Crippen LogP contribution < -0.4 is 0 Å². The molecule has 1 atom stereocenters. The zero-order valence-electron chi connectivity index (χ0n) is 12.2. The van der Waals surface area contributed by atoms with Crippen molar-refractivity contribution < 1.29 is 31.4 Å². The first-order valence-electron chi connectivity index (χ1n) is 6.86. The van der Waals surface area contributed by atoms with Crippen LogP contribution in [-0.4, -0.2) is 11.2 Å². The maximum Gasteiger partial charge on any atom is 0.416 e. The Morgan fingerprint density at radius 3 is 1.68 bits per heavy atom. The molecule has 0 saturated carbocycles. The molecule has 0 spiro atoms. The van der Waals surface area contributed by atoms with Crippen molar-refractivity contribution in [2.75, 3.05) is 0 Å². The van der Waals surface area contributed by atoms with Crippen molar-refractivity contribution in [1.82, 2.24) is 0 Å². The first kappa shape index (κ1) is 18.8. The minimum absolute atomic E-state index is 0.0873. The third kappa shape index (κ3) is 5.87. The zero-order chi connectivity index (χ0) is 17.1. The van der Waals surface area contributed by atoms with Crippen molar-refractivity contribution in [3.05, 3.63) is 34.9 Å². The summed E-state index contributed by atoms with van der Waals surface area (Å²) in [5.74, 6) is 0.293. The molecule has 1 rings (SSSR count). The first-order chi connectivity index (χ1) is 9.89. The minimum atomic E-state index is -4.86. The van der Waals surface area contributed by atoms with Gasteiger partial charge in [0.25, 0.3) is 0 Å². The summed E-state index contributed by atoms with van der Waals surface area (Å²) >= 11 is 0. The highest BCUT2D eigenvalue weighted by atomic mass is 19.4.